The minimum absolute atomic E-state index is 0.131. The van der Waals surface area contributed by atoms with Gasteiger partial charge >= 0.3 is 0 Å². The third-order valence-electron chi connectivity index (χ3n) is 3.50. The normalized spacial score (nSPS) is 11.9. The molecule has 0 aliphatic carbocycles. The summed E-state index contributed by atoms with van der Waals surface area (Å²) >= 11 is 0. The molecule has 2 aromatic carbocycles. The molecule has 104 valence electrons. The van der Waals surface area contributed by atoms with Crippen LogP contribution >= 0.6 is 0 Å². The van der Waals surface area contributed by atoms with Crippen LogP contribution in [0.15, 0.2) is 48.5 Å². The zero-order valence-corrected chi connectivity index (χ0v) is 11.9. The molecule has 3 heteroatoms. The van der Waals surface area contributed by atoms with Gasteiger partial charge in [-0.05, 0) is 42.2 Å². The van der Waals surface area contributed by atoms with E-state index in [4.69, 9.17) is 5.73 Å². The maximum absolute atomic E-state index is 12.3. The molecule has 2 aromatic rings. The summed E-state index contributed by atoms with van der Waals surface area (Å²) in [6.07, 6.45) is 1.03. The highest BCUT2D eigenvalue weighted by Crippen LogP contribution is 2.26. The zero-order valence-electron chi connectivity index (χ0n) is 11.9. The van der Waals surface area contributed by atoms with Gasteiger partial charge in [0, 0.05) is 16.9 Å². The van der Waals surface area contributed by atoms with Crippen molar-refractivity contribution in [1.29, 1.82) is 0 Å². The predicted octanol–water partition coefficient (Wildman–Crippen LogP) is 4.03. The van der Waals surface area contributed by atoms with Gasteiger partial charge in [-0.1, -0.05) is 38.1 Å². The third-order valence-corrected chi connectivity index (χ3v) is 3.50. The Kier molecular flexibility index (Phi) is 4.41. The highest BCUT2D eigenvalue weighted by molar-refractivity contribution is 6.05. The van der Waals surface area contributed by atoms with Crippen LogP contribution in [0, 0.1) is 0 Å². The average molecular weight is 268 g/mol. The van der Waals surface area contributed by atoms with E-state index in [1.165, 1.54) is 0 Å². The molecule has 1 amide bonds. The Balaban J connectivity index is 2.24. The van der Waals surface area contributed by atoms with E-state index in [1.807, 2.05) is 18.2 Å². The molecule has 0 heterocycles. The first-order valence-electron chi connectivity index (χ1n) is 6.87. The van der Waals surface area contributed by atoms with Gasteiger partial charge in [0.05, 0.1) is 0 Å². The standard InChI is InChI=1S/C17H20N2O/c1-3-12(2)15-9-4-5-10-16(15)19-17(20)13-7-6-8-14(18)11-13/h4-12H,3,18H2,1-2H3,(H,19,20)/t12-/m0/s1. The van der Waals surface area contributed by atoms with Crippen molar-refractivity contribution in [2.24, 2.45) is 0 Å². The molecular weight excluding hydrogens is 248 g/mol. The fraction of sp³-hybridized carbons (Fsp3) is 0.235. The topological polar surface area (TPSA) is 55.1 Å². The number of anilines is 2. The SMILES string of the molecule is CC[C@H](C)c1ccccc1NC(=O)c1cccc(N)c1. The van der Waals surface area contributed by atoms with Crippen LogP contribution in [-0.4, -0.2) is 5.91 Å². The first-order chi connectivity index (χ1) is 9.61. The third kappa shape index (κ3) is 3.18. The van der Waals surface area contributed by atoms with Crippen molar-refractivity contribution < 1.29 is 4.79 Å². The smallest absolute Gasteiger partial charge is 0.255 e. The van der Waals surface area contributed by atoms with Gasteiger partial charge in [0.25, 0.3) is 5.91 Å². The van der Waals surface area contributed by atoms with Crippen LogP contribution in [0.1, 0.15) is 42.1 Å². The first-order valence-corrected chi connectivity index (χ1v) is 6.87. The minimum atomic E-state index is -0.131. The molecule has 3 N–H and O–H groups in total. The lowest BCUT2D eigenvalue weighted by molar-refractivity contribution is 0.102. The first kappa shape index (κ1) is 14.1. The molecule has 0 aromatic heterocycles. The molecule has 3 nitrogen and oxygen atoms in total. The Morgan fingerprint density at radius 1 is 1.20 bits per heavy atom. The number of amides is 1. The van der Waals surface area contributed by atoms with Crippen LogP contribution in [0.4, 0.5) is 11.4 Å². The van der Waals surface area contributed by atoms with Crippen LogP contribution in [-0.2, 0) is 0 Å². The summed E-state index contributed by atoms with van der Waals surface area (Å²) < 4.78 is 0. The molecule has 0 radical (unpaired) electrons. The van der Waals surface area contributed by atoms with Crippen molar-refractivity contribution in [2.45, 2.75) is 26.2 Å². The Morgan fingerprint density at radius 2 is 1.95 bits per heavy atom. The number of hydrogen-bond donors (Lipinski definition) is 2. The maximum Gasteiger partial charge on any atom is 0.255 e. The van der Waals surface area contributed by atoms with Crippen LogP contribution < -0.4 is 11.1 Å². The van der Waals surface area contributed by atoms with Gasteiger partial charge in [-0.3, -0.25) is 4.79 Å². The quantitative estimate of drug-likeness (QED) is 0.822. The Hall–Kier alpha value is -2.29. The summed E-state index contributed by atoms with van der Waals surface area (Å²) in [5.74, 6) is 0.278. The summed E-state index contributed by atoms with van der Waals surface area (Å²) in [6, 6.07) is 14.9. The van der Waals surface area contributed by atoms with Crippen LogP contribution in [0.2, 0.25) is 0 Å². The van der Waals surface area contributed by atoms with Gasteiger partial charge in [-0.2, -0.15) is 0 Å². The molecule has 0 saturated carbocycles. The fourth-order valence-electron chi connectivity index (χ4n) is 2.13. The number of para-hydroxylation sites is 1. The molecule has 2 rings (SSSR count). The van der Waals surface area contributed by atoms with Crippen molar-refractivity contribution in [2.75, 3.05) is 11.1 Å². The lowest BCUT2D eigenvalue weighted by atomic mass is 9.97. The number of nitrogens with two attached hydrogens (primary N) is 1. The number of carbonyl (C=O) groups is 1. The second kappa shape index (κ2) is 6.24. The molecular formula is C17H20N2O. The molecule has 1 atom stereocenters. The van der Waals surface area contributed by atoms with E-state index in [0.29, 0.717) is 17.2 Å². The molecule has 20 heavy (non-hydrogen) atoms. The summed E-state index contributed by atoms with van der Waals surface area (Å²) in [4.78, 5) is 12.3. The highest BCUT2D eigenvalue weighted by Gasteiger charge is 2.12. The van der Waals surface area contributed by atoms with Crippen LogP contribution in [0.25, 0.3) is 0 Å². The minimum Gasteiger partial charge on any atom is -0.399 e. The lowest BCUT2D eigenvalue weighted by Gasteiger charge is -2.15. The van der Waals surface area contributed by atoms with Gasteiger partial charge in [0.2, 0.25) is 0 Å². The zero-order chi connectivity index (χ0) is 14.5. The molecule has 0 spiro atoms. The molecule has 0 aliphatic rings. The van der Waals surface area contributed by atoms with E-state index in [0.717, 1.165) is 17.7 Å². The molecule has 0 saturated heterocycles. The van der Waals surface area contributed by atoms with E-state index in [1.54, 1.807) is 24.3 Å². The number of benzene rings is 2. The summed E-state index contributed by atoms with van der Waals surface area (Å²) in [6.45, 7) is 4.30. The molecule has 0 unspecified atom stereocenters. The van der Waals surface area contributed by atoms with E-state index in [9.17, 15) is 4.79 Å². The summed E-state index contributed by atoms with van der Waals surface area (Å²) in [5.41, 5.74) is 8.90. The largest absolute Gasteiger partial charge is 0.399 e. The number of hydrogen-bond acceptors (Lipinski definition) is 2. The van der Waals surface area contributed by atoms with E-state index >= 15 is 0 Å². The van der Waals surface area contributed by atoms with Gasteiger partial charge in [-0.15, -0.1) is 0 Å². The molecule has 0 aliphatic heterocycles. The van der Waals surface area contributed by atoms with Gasteiger partial charge in [0.15, 0.2) is 0 Å². The van der Waals surface area contributed by atoms with Crippen LogP contribution in [0.5, 0.6) is 0 Å². The van der Waals surface area contributed by atoms with Crippen molar-refractivity contribution in [3.63, 3.8) is 0 Å². The number of rotatable bonds is 4. The maximum atomic E-state index is 12.3. The summed E-state index contributed by atoms with van der Waals surface area (Å²) in [5, 5.41) is 2.97. The van der Waals surface area contributed by atoms with Crippen LogP contribution in [0.3, 0.4) is 0 Å². The Morgan fingerprint density at radius 3 is 2.65 bits per heavy atom. The van der Waals surface area contributed by atoms with E-state index < -0.39 is 0 Å². The van der Waals surface area contributed by atoms with Gasteiger partial charge in [-0.25, -0.2) is 0 Å². The second-order valence-corrected chi connectivity index (χ2v) is 4.98. The number of nitrogens with one attached hydrogen (secondary N) is 1. The molecule has 0 fully saturated rings. The fourth-order valence-corrected chi connectivity index (χ4v) is 2.13. The van der Waals surface area contributed by atoms with E-state index in [-0.39, 0.29) is 5.91 Å². The number of carbonyl (C=O) groups excluding carboxylic acids is 1. The van der Waals surface area contributed by atoms with Crippen molar-refractivity contribution in [3.8, 4) is 0 Å². The predicted molar refractivity (Wildman–Crippen MR) is 84.0 cm³/mol. The van der Waals surface area contributed by atoms with Crippen molar-refractivity contribution in [3.05, 3.63) is 59.7 Å². The second-order valence-electron chi connectivity index (χ2n) is 4.98. The lowest BCUT2D eigenvalue weighted by Crippen LogP contribution is -2.14. The Bertz CT molecular complexity index is 607. The number of nitrogen functional groups attached to an aromatic ring is 1. The highest BCUT2D eigenvalue weighted by atomic mass is 16.1. The van der Waals surface area contributed by atoms with Crippen molar-refractivity contribution >= 4 is 17.3 Å². The summed E-state index contributed by atoms with van der Waals surface area (Å²) in [7, 11) is 0. The Labute approximate surface area is 119 Å². The van der Waals surface area contributed by atoms with Gasteiger partial charge < -0.3 is 11.1 Å². The average Bonchev–Trinajstić information content (AvgIpc) is 2.47. The monoisotopic (exact) mass is 268 g/mol. The van der Waals surface area contributed by atoms with E-state index in [2.05, 4.69) is 25.2 Å². The molecule has 0 bridgehead atoms. The van der Waals surface area contributed by atoms with Gasteiger partial charge in [0.1, 0.15) is 0 Å². The van der Waals surface area contributed by atoms with Crippen molar-refractivity contribution in [1.82, 2.24) is 0 Å².